The van der Waals surface area contributed by atoms with E-state index in [9.17, 15) is 4.79 Å². The predicted octanol–water partition coefficient (Wildman–Crippen LogP) is 4.40. The first kappa shape index (κ1) is 19.6. The molecule has 2 amide bonds. The van der Waals surface area contributed by atoms with Crippen LogP contribution in [-0.4, -0.2) is 26.0 Å². The standard InChI is InChI=1S/C24H24N2O4/c1-28-21-10-8-19(9-11-21)25-24(27)26-20(13-17-5-3-2-4-6-17)14-18-7-12-22-23(15-18)30-16-29-22/h2-12,15,20H,13-14,16H2,1H3,(H2,25,26,27). The Hall–Kier alpha value is -3.67. The summed E-state index contributed by atoms with van der Waals surface area (Å²) in [5, 5.41) is 5.99. The fourth-order valence-corrected chi connectivity index (χ4v) is 3.45. The molecule has 0 aromatic heterocycles. The third kappa shape index (κ3) is 5.03. The van der Waals surface area contributed by atoms with Crippen molar-refractivity contribution in [1.82, 2.24) is 5.32 Å². The first-order chi connectivity index (χ1) is 14.7. The molecule has 2 N–H and O–H groups in total. The largest absolute Gasteiger partial charge is 0.497 e. The maximum Gasteiger partial charge on any atom is 0.319 e. The van der Waals surface area contributed by atoms with Crippen molar-refractivity contribution in [3.05, 3.63) is 83.9 Å². The number of carbonyl (C=O) groups excluding carboxylic acids is 1. The van der Waals surface area contributed by atoms with Gasteiger partial charge in [-0.3, -0.25) is 0 Å². The number of fused-ring (bicyclic) bond motifs is 1. The number of nitrogens with one attached hydrogen (secondary N) is 2. The fourth-order valence-electron chi connectivity index (χ4n) is 3.45. The van der Waals surface area contributed by atoms with E-state index in [1.54, 1.807) is 7.11 Å². The van der Waals surface area contributed by atoms with Crippen molar-refractivity contribution in [2.75, 3.05) is 19.2 Å². The molecule has 0 radical (unpaired) electrons. The van der Waals surface area contributed by atoms with Gasteiger partial charge in [0.15, 0.2) is 11.5 Å². The fraction of sp³-hybridized carbons (Fsp3) is 0.208. The summed E-state index contributed by atoms with van der Waals surface area (Å²) in [4.78, 5) is 12.6. The molecule has 3 aromatic carbocycles. The molecule has 1 atom stereocenters. The van der Waals surface area contributed by atoms with Gasteiger partial charge in [0.2, 0.25) is 6.79 Å². The van der Waals surface area contributed by atoms with Crippen molar-refractivity contribution in [2.45, 2.75) is 18.9 Å². The molecule has 30 heavy (non-hydrogen) atoms. The highest BCUT2D eigenvalue weighted by Gasteiger charge is 2.18. The quantitative estimate of drug-likeness (QED) is 0.612. The zero-order valence-electron chi connectivity index (χ0n) is 16.8. The molecular formula is C24H24N2O4. The van der Waals surface area contributed by atoms with E-state index in [4.69, 9.17) is 14.2 Å². The molecule has 6 heteroatoms. The lowest BCUT2D eigenvalue weighted by Crippen LogP contribution is -2.40. The van der Waals surface area contributed by atoms with E-state index in [1.807, 2.05) is 60.7 Å². The summed E-state index contributed by atoms with van der Waals surface area (Å²) in [6, 6.07) is 22.9. The van der Waals surface area contributed by atoms with E-state index in [0.717, 1.165) is 28.4 Å². The SMILES string of the molecule is COc1ccc(NC(=O)NC(Cc2ccccc2)Cc2ccc3c(c2)OCO3)cc1. The average molecular weight is 404 g/mol. The topological polar surface area (TPSA) is 68.8 Å². The lowest BCUT2D eigenvalue weighted by molar-refractivity contribution is 0.174. The second kappa shape index (κ2) is 9.22. The summed E-state index contributed by atoms with van der Waals surface area (Å²) in [6.45, 7) is 0.245. The zero-order chi connectivity index (χ0) is 20.8. The Bertz CT molecular complexity index is 990. The maximum atomic E-state index is 12.6. The van der Waals surface area contributed by atoms with Gasteiger partial charge in [0, 0.05) is 11.7 Å². The average Bonchev–Trinajstić information content (AvgIpc) is 3.23. The Morgan fingerprint density at radius 3 is 2.43 bits per heavy atom. The number of carbonyl (C=O) groups is 1. The van der Waals surface area contributed by atoms with Crippen LogP contribution in [0, 0.1) is 0 Å². The van der Waals surface area contributed by atoms with Gasteiger partial charge >= 0.3 is 6.03 Å². The Labute approximate surface area is 175 Å². The highest BCUT2D eigenvalue weighted by molar-refractivity contribution is 5.89. The number of urea groups is 1. The number of hydrogen-bond donors (Lipinski definition) is 2. The summed E-state index contributed by atoms with van der Waals surface area (Å²) in [6.07, 6.45) is 1.38. The van der Waals surface area contributed by atoms with Crippen LogP contribution in [-0.2, 0) is 12.8 Å². The van der Waals surface area contributed by atoms with E-state index in [1.165, 1.54) is 0 Å². The maximum absolute atomic E-state index is 12.6. The highest BCUT2D eigenvalue weighted by atomic mass is 16.7. The van der Waals surface area contributed by atoms with Gasteiger partial charge in [-0.1, -0.05) is 36.4 Å². The highest BCUT2D eigenvalue weighted by Crippen LogP contribution is 2.33. The van der Waals surface area contributed by atoms with Gasteiger partial charge in [-0.2, -0.15) is 0 Å². The van der Waals surface area contributed by atoms with Crippen LogP contribution in [0.2, 0.25) is 0 Å². The van der Waals surface area contributed by atoms with Crippen molar-refractivity contribution in [3.63, 3.8) is 0 Å². The van der Waals surface area contributed by atoms with Gasteiger partial charge in [-0.15, -0.1) is 0 Å². The first-order valence-corrected chi connectivity index (χ1v) is 9.83. The number of rotatable bonds is 7. The smallest absolute Gasteiger partial charge is 0.319 e. The Kier molecular flexibility index (Phi) is 6.03. The summed E-state index contributed by atoms with van der Waals surface area (Å²) in [5.74, 6) is 2.24. The van der Waals surface area contributed by atoms with Crippen LogP contribution in [0.3, 0.4) is 0 Å². The minimum atomic E-state index is -0.248. The monoisotopic (exact) mass is 404 g/mol. The second-order valence-electron chi connectivity index (χ2n) is 7.11. The Morgan fingerprint density at radius 1 is 0.933 bits per heavy atom. The zero-order valence-corrected chi connectivity index (χ0v) is 16.8. The molecule has 154 valence electrons. The lowest BCUT2D eigenvalue weighted by Gasteiger charge is -2.20. The number of amides is 2. The first-order valence-electron chi connectivity index (χ1n) is 9.83. The van der Waals surface area contributed by atoms with E-state index in [0.29, 0.717) is 18.5 Å². The van der Waals surface area contributed by atoms with E-state index < -0.39 is 0 Å². The molecule has 1 aliphatic rings. The van der Waals surface area contributed by atoms with Crippen molar-refractivity contribution in [3.8, 4) is 17.2 Å². The molecule has 4 rings (SSSR count). The molecule has 6 nitrogen and oxygen atoms in total. The van der Waals surface area contributed by atoms with Crippen molar-refractivity contribution >= 4 is 11.7 Å². The summed E-state index contributed by atoms with van der Waals surface area (Å²) in [7, 11) is 1.61. The molecular weight excluding hydrogens is 380 g/mol. The molecule has 0 spiro atoms. The van der Waals surface area contributed by atoms with Gasteiger partial charge in [-0.25, -0.2) is 4.79 Å². The minimum absolute atomic E-state index is 0.0916. The normalized spacial score (nSPS) is 12.8. The lowest BCUT2D eigenvalue weighted by atomic mass is 9.98. The van der Waals surface area contributed by atoms with Crippen molar-refractivity contribution < 1.29 is 19.0 Å². The molecule has 3 aromatic rings. The summed E-state index contributed by atoms with van der Waals surface area (Å²) in [5.41, 5.74) is 2.94. The Morgan fingerprint density at radius 2 is 1.67 bits per heavy atom. The number of hydrogen-bond acceptors (Lipinski definition) is 4. The number of anilines is 1. The van der Waals surface area contributed by atoms with Gasteiger partial charge in [-0.05, 0) is 60.4 Å². The Balaban J connectivity index is 1.45. The number of benzene rings is 3. The van der Waals surface area contributed by atoms with Gasteiger partial charge < -0.3 is 24.8 Å². The minimum Gasteiger partial charge on any atom is -0.497 e. The van der Waals surface area contributed by atoms with Crippen LogP contribution in [0.15, 0.2) is 72.8 Å². The molecule has 1 aliphatic heterocycles. The van der Waals surface area contributed by atoms with E-state index in [2.05, 4.69) is 22.8 Å². The van der Waals surface area contributed by atoms with Crippen LogP contribution in [0.25, 0.3) is 0 Å². The van der Waals surface area contributed by atoms with Crippen LogP contribution >= 0.6 is 0 Å². The molecule has 1 unspecified atom stereocenters. The van der Waals surface area contributed by atoms with Crippen molar-refractivity contribution in [1.29, 1.82) is 0 Å². The summed E-state index contributed by atoms with van der Waals surface area (Å²) < 4.78 is 16.0. The third-order valence-electron chi connectivity index (χ3n) is 4.93. The third-order valence-corrected chi connectivity index (χ3v) is 4.93. The van der Waals surface area contributed by atoms with E-state index >= 15 is 0 Å². The molecule has 1 heterocycles. The van der Waals surface area contributed by atoms with Gasteiger partial charge in [0.05, 0.1) is 7.11 Å². The number of methoxy groups -OCH3 is 1. The van der Waals surface area contributed by atoms with Crippen molar-refractivity contribution in [2.24, 2.45) is 0 Å². The van der Waals surface area contributed by atoms with Crippen LogP contribution in [0.1, 0.15) is 11.1 Å². The van der Waals surface area contributed by atoms with E-state index in [-0.39, 0.29) is 18.9 Å². The molecule has 0 aliphatic carbocycles. The summed E-state index contributed by atoms with van der Waals surface area (Å²) >= 11 is 0. The predicted molar refractivity (Wildman–Crippen MR) is 115 cm³/mol. The number of ether oxygens (including phenoxy) is 3. The second-order valence-corrected chi connectivity index (χ2v) is 7.11. The van der Waals surface area contributed by atoms with Gasteiger partial charge in [0.25, 0.3) is 0 Å². The van der Waals surface area contributed by atoms with Crippen LogP contribution in [0.5, 0.6) is 17.2 Å². The van der Waals surface area contributed by atoms with Gasteiger partial charge in [0.1, 0.15) is 5.75 Å². The molecule has 0 fully saturated rings. The molecule has 0 bridgehead atoms. The van der Waals surface area contributed by atoms with Crippen LogP contribution < -0.4 is 24.8 Å². The van der Waals surface area contributed by atoms with Crippen LogP contribution in [0.4, 0.5) is 10.5 Å². The molecule has 0 saturated heterocycles. The molecule has 0 saturated carbocycles.